The summed E-state index contributed by atoms with van der Waals surface area (Å²) in [5, 5.41) is 12.0. The van der Waals surface area contributed by atoms with Gasteiger partial charge in [-0.3, -0.25) is 9.59 Å². The first kappa shape index (κ1) is 23.1. The molecular formula is C26H22F2N2O4. The van der Waals surface area contributed by atoms with Gasteiger partial charge in [0.15, 0.2) is 0 Å². The molecule has 174 valence electrons. The molecule has 0 spiro atoms. The Labute approximate surface area is 194 Å². The van der Waals surface area contributed by atoms with E-state index < -0.39 is 35.1 Å². The van der Waals surface area contributed by atoms with Crippen LogP contribution in [0.3, 0.4) is 0 Å². The van der Waals surface area contributed by atoms with Gasteiger partial charge in [-0.15, -0.1) is 0 Å². The zero-order valence-corrected chi connectivity index (χ0v) is 18.5. The van der Waals surface area contributed by atoms with Crippen LogP contribution in [0.4, 0.5) is 14.5 Å². The predicted octanol–water partition coefficient (Wildman–Crippen LogP) is 4.95. The van der Waals surface area contributed by atoms with Crippen molar-refractivity contribution in [2.24, 2.45) is 5.92 Å². The molecule has 3 aromatic carbocycles. The number of nitrogens with zero attached hydrogens (tertiary/aromatic N) is 1. The number of carboxylic acid groups (broad SMARTS) is 1. The number of rotatable bonds is 6. The largest absolute Gasteiger partial charge is 0.480 e. The molecule has 6 nitrogen and oxygen atoms in total. The van der Waals surface area contributed by atoms with Gasteiger partial charge < -0.3 is 15.3 Å². The van der Waals surface area contributed by atoms with E-state index in [9.17, 15) is 28.3 Å². The summed E-state index contributed by atoms with van der Waals surface area (Å²) in [5.74, 6) is -4.40. The Morgan fingerprint density at radius 3 is 2.18 bits per heavy atom. The SMILES string of the molecule is CC(C)[C@@H](C(=O)O)N1Cc2ccc(-c3ccc(NC(=O)c4c(F)cccc4F)cc3)cc2C1=O. The summed E-state index contributed by atoms with van der Waals surface area (Å²) >= 11 is 0. The van der Waals surface area contributed by atoms with Gasteiger partial charge in [0.1, 0.15) is 23.2 Å². The lowest BCUT2D eigenvalue weighted by molar-refractivity contribution is -0.144. The van der Waals surface area contributed by atoms with E-state index in [0.717, 1.165) is 28.8 Å². The van der Waals surface area contributed by atoms with E-state index in [4.69, 9.17) is 0 Å². The second-order valence-corrected chi connectivity index (χ2v) is 8.46. The first-order valence-corrected chi connectivity index (χ1v) is 10.7. The average Bonchev–Trinajstić information content (AvgIpc) is 3.09. The third-order valence-corrected chi connectivity index (χ3v) is 5.83. The Morgan fingerprint density at radius 2 is 1.59 bits per heavy atom. The van der Waals surface area contributed by atoms with Gasteiger partial charge in [-0.25, -0.2) is 13.6 Å². The van der Waals surface area contributed by atoms with Crippen LogP contribution in [0.5, 0.6) is 0 Å². The maximum Gasteiger partial charge on any atom is 0.326 e. The van der Waals surface area contributed by atoms with Crippen molar-refractivity contribution in [2.45, 2.75) is 26.4 Å². The fourth-order valence-electron chi connectivity index (χ4n) is 4.16. The highest BCUT2D eigenvalue weighted by Crippen LogP contribution is 2.31. The molecule has 0 unspecified atom stereocenters. The summed E-state index contributed by atoms with van der Waals surface area (Å²) in [6.45, 7) is 3.77. The molecule has 1 atom stereocenters. The number of carbonyl (C=O) groups is 3. The molecule has 0 saturated heterocycles. The highest BCUT2D eigenvalue weighted by atomic mass is 19.1. The molecule has 1 aliphatic rings. The van der Waals surface area contributed by atoms with Crippen LogP contribution in [-0.4, -0.2) is 33.8 Å². The van der Waals surface area contributed by atoms with E-state index in [0.29, 0.717) is 11.3 Å². The Hall–Kier alpha value is -4.07. The van der Waals surface area contributed by atoms with E-state index >= 15 is 0 Å². The minimum Gasteiger partial charge on any atom is -0.480 e. The molecule has 1 heterocycles. The van der Waals surface area contributed by atoms with E-state index in [2.05, 4.69) is 5.32 Å². The third kappa shape index (κ3) is 4.26. The maximum atomic E-state index is 13.8. The first-order valence-electron chi connectivity index (χ1n) is 10.7. The van der Waals surface area contributed by atoms with Crippen molar-refractivity contribution in [1.82, 2.24) is 4.90 Å². The molecule has 0 radical (unpaired) electrons. The molecule has 8 heteroatoms. The van der Waals surface area contributed by atoms with Gasteiger partial charge in [-0.2, -0.15) is 0 Å². The summed E-state index contributed by atoms with van der Waals surface area (Å²) in [6, 6.07) is 14.3. The van der Waals surface area contributed by atoms with E-state index in [1.807, 2.05) is 6.07 Å². The zero-order valence-electron chi connectivity index (χ0n) is 18.5. The summed E-state index contributed by atoms with van der Waals surface area (Å²) in [4.78, 5) is 38.3. The van der Waals surface area contributed by atoms with E-state index in [-0.39, 0.29) is 18.4 Å². The molecular weight excluding hydrogens is 442 g/mol. The molecule has 0 saturated carbocycles. The smallest absolute Gasteiger partial charge is 0.326 e. The minimum atomic E-state index is -1.04. The zero-order chi connectivity index (χ0) is 24.6. The topological polar surface area (TPSA) is 86.7 Å². The van der Waals surface area contributed by atoms with Gasteiger partial charge in [0.2, 0.25) is 0 Å². The van der Waals surface area contributed by atoms with E-state index in [1.165, 1.54) is 11.0 Å². The van der Waals surface area contributed by atoms with Crippen LogP contribution in [-0.2, 0) is 11.3 Å². The van der Waals surface area contributed by atoms with Gasteiger partial charge in [0.05, 0.1) is 0 Å². The second kappa shape index (κ2) is 9.05. The molecule has 0 bridgehead atoms. The molecule has 0 aromatic heterocycles. The molecule has 2 amide bonds. The Morgan fingerprint density at radius 1 is 0.971 bits per heavy atom. The summed E-state index contributed by atoms with van der Waals surface area (Å²) < 4.78 is 27.7. The van der Waals surface area contributed by atoms with E-state index in [1.54, 1.807) is 50.2 Å². The number of anilines is 1. The number of fused-ring (bicyclic) bond motifs is 1. The number of nitrogens with one attached hydrogen (secondary N) is 1. The summed E-state index contributed by atoms with van der Waals surface area (Å²) in [5.41, 5.74) is 2.40. The second-order valence-electron chi connectivity index (χ2n) is 8.46. The molecule has 2 N–H and O–H groups in total. The predicted molar refractivity (Wildman–Crippen MR) is 122 cm³/mol. The standard InChI is InChI=1S/C26H22F2N2O4/c1-14(2)23(26(33)34)30-13-17-7-6-16(12-19(17)25(30)32)15-8-10-18(11-9-15)29-24(31)22-20(27)4-3-5-21(22)28/h3-12,14,23H,13H2,1-2H3,(H,29,31)(H,33,34)/t23-/m0/s1. The summed E-state index contributed by atoms with van der Waals surface area (Å²) in [7, 11) is 0. The lowest BCUT2D eigenvalue weighted by Gasteiger charge is -2.27. The van der Waals surface area contributed by atoms with Crippen molar-refractivity contribution >= 4 is 23.5 Å². The van der Waals surface area contributed by atoms with Gasteiger partial charge in [0, 0.05) is 17.8 Å². The van der Waals surface area contributed by atoms with Crippen LogP contribution in [0.1, 0.15) is 40.1 Å². The van der Waals surface area contributed by atoms with Gasteiger partial charge in [-0.05, 0) is 52.9 Å². The number of hydrogen-bond acceptors (Lipinski definition) is 3. The normalized spacial score (nSPS) is 13.7. The van der Waals surface area contributed by atoms with Gasteiger partial charge in [0.25, 0.3) is 11.8 Å². The Balaban J connectivity index is 1.54. The van der Waals surface area contributed by atoms with Crippen molar-refractivity contribution in [1.29, 1.82) is 0 Å². The lowest BCUT2D eigenvalue weighted by Crippen LogP contribution is -2.44. The fraction of sp³-hybridized carbons (Fsp3) is 0.192. The molecule has 34 heavy (non-hydrogen) atoms. The highest BCUT2D eigenvalue weighted by molar-refractivity contribution is 6.05. The van der Waals surface area contributed by atoms with Gasteiger partial charge >= 0.3 is 5.97 Å². The van der Waals surface area contributed by atoms with Crippen LogP contribution in [0.2, 0.25) is 0 Å². The number of carboxylic acids is 1. The van der Waals surface area contributed by atoms with Crippen LogP contribution < -0.4 is 5.32 Å². The molecule has 3 aromatic rings. The van der Waals surface area contributed by atoms with Crippen LogP contribution >= 0.6 is 0 Å². The van der Waals surface area contributed by atoms with Crippen molar-refractivity contribution in [3.05, 3.63) is 89.0 Å². The Kier molecular flexibility index (Phi) is 6.15. The van der Waals surface area contributed by atoms with Crippen LogP contribution in [0.25, 0.3) is 11.1 Å². The highest BCUT2D eigenvalue weighted by Gasteiger charge is 2.38. The quantitative estimate of drug-likeness (QED) is 0.541. The average molecular weight is 464 g/mol. The summed E-state index contributed by atoms with van der Waals surface area (Å²) in [6.07, 6.45) is 0. The molecule has 0 fully saturated rings. The van der Waals surface area contributed by atoms with Crippen molar-refractivity contribution in [2.75, 3.05) is 5.32 Å². The molecule has 1 aliphatic heterocycles. The Bertz CT molecular complexity index is 1270. The van der Waals surface area contributed by atoms with Crippen LogP contribution in [0, 0.1) is 17.6 Å². The fourth-order valence-corrected chi connectivity index (χ4v) is 4.16. The number of aliphatic carboxylic acids is 1. The van der Waals surface area contributed by atoms with Crippen molar-refractivity contribution in [3.8, 4) is 11.1 Å². The number of carbonyl (C=O) groups excluding carboxylic acids is 2. The van der Waals surface area contributed by atoms with Crippen LogP contribution in [0.15, 0.2) is 60.7 Å². The number of hydrogen-bond donors (Lipinski definition) is 2. The monoisotopic (exact) mass is 464 g/mol. The first-order chi connectivity index (χ1) is 16.2. The molecule has 0 aliphatic carbocycles. The van der Waals surface area contributed by atoms with Crippen molar-refractivity contribution < 1.29 is 28.3 Å². The maximum absolute atomic E-state index is 13.8. The molecule has 4 rings (SSSR count). The number of amides is 2. The van der Waals surface area contributed by atoms with Gasteiger partial charge in [-0.1, -0.05) is 44.2 Å². The number of halogens is 2. The third-order valence-electron chi connectivity index (χ3n) is 5.83. The lowest BCUT2D eigenvalue weighted by atomic mass is 10.00. The number of benzene rings is 3. The van der Waals surface area contributed by atoms with Crippen molar-refractivity contribution in [3.63, 3.8) is 0 Å². The minimum absolute atomic E-state index is 0.237.